The third kappa shape index (κ3) is 12.3. The van der Waals surface area contributed by atoms with Crippen LogP contribution in [0.1, 0.15) is 105 Å². The lowest BCUT2D eigenvalue weighted by molar-refractivity contribution is 0.407. The molecule has 0 N–H and O–H groups in total. The Bertz CT molecular complexity index is 200. The second-order valence-electron chi connectivity index (χ2n) is 6.84. The van der Waals surface area contributed by atoms with E-state index in [1.807, 2.05) is 0 Å². The Kier molecular flexibility index (Phi) is 20.9. The molecule has 136 valence electrons. The molecule has 0 aliphatic carbocycles. The van der Waals surface area contributed by atoms with Crippen molar-refractivity contribution in [3.05, 3.63) is 0 Å². The molecule has 0 aromatic carbocycles. The van der Waals surface area contributed by atoms with Gasteiger partial charge in [0.15, 0.2) is 0 Å². The van der Waals surface area contributed by atoms with Crippen LogP contribution in [0.2, 0.25) is 0 Å². The van der Waals surface area contributed by atoms with Gasteiger partial charge in [-0.25, -0.2) is 0 Å². The highest BCUT2D eigenvalue weighted by molar-refractivity contribution is 8.93. The van der Waals surface area contributed by atoms with E-state index >= 15 is 0 Å². The number of hydrogen-bond acceptors (Lipinski definition) is 0. The summed E-state index contributed by atoms with van der Waals surface area (Å²) in [7, 11) is 0.305. The zero-order valence-corrected chi connectivity index (χ0v) is 18.8. The Labute approximate surface area is 154 Å². The molecule has 22 heavy (non-hydrogen) atoms. The van der Waals surface area contributed by atoms with Gasteiger partial charge in [0.25, 0.3) is 0 Å². The number of unbranched alkanes of at least 4 members (excludes halogenated alkanes) is 3. The van der Waals surface area contributed by atoms with Crippen LogP contribution >= 0.6 is 24.9 Å². The maximum absolute atomic E-state index is 2.42. The summed E-state index contributed by atoms with van der Waals surface area (Å²) >= 11 is 0. The predicted molar refractivity (Wildman–Crippen MR) is 113 cm³/mol. The van der Waals surface area contributed by atoms with Crippen molar-refractivity contribution in [2.45, 2.75) is 111 Å². The van der Waals surface area contributed by atoms with Crippen LogP contribution in [0.4, 0.5) is 0 Å². The number of hydrogen-bond donors (Lipinski definition) is 0. The van der Waals surface area contributed by atoms with Gasteiger partial charge in [0, 0.05) is 0 Å². The zero-order valence-electron chi connectivity index (χ0n) is 16.2. The first kappa shape index (κ1) is 25.2. The lowest BCUT2D eigenvalue weighted by atomic mass is 9.93. The van der Waals surface area contributed by atoms with Crippen molar-refractivity contribution in [3.63, 3.8) is 0 Å². The Hall–Kier alpha value is 0.910. The molecule has 0 aliphatic rings. The monoisotopic (exact) mass is 394 g/mol. The van der Waals surface area contributed by atoms with Gasteiger partial charge in [0.05, 0.1) is 0 Å². The van der Waals surface area contributed by atoms with Crippen LogP contribution in [0, 0.1) is 5.92 Å². The van der Waals surface area contributed by atoms with Crippen LogP contribution in [0.25, 0.3) is 0 Å². The van der Waals surface area contributed by atoms with Gasteiger partial charge in [0.1, 0.15) is 0 Å². The Morgan fingerprint density at radius 3 is 1.64 bits per heavy atom. The average Bonchev–Trinajstić information content (AvgIpc) is 2.50. The van der Waals surface area contributed by atoms with Crippen LogP contribution in [0.15, 0.2) is 0 Å². The third-order valence-corrected chi connectivity index (χ3v) is 8.17. The average molecular weight is 395 g/mol. The first-order valence-corrected chi connectivity index (χ1v) is 11.7. The fourth-order valence-electron chi connectivity index (χ4n) is 3.35. The van der Waals surface area contributed by atoms with Gasteiger partial charge in [-0.2, -0.15) is 0 Å². The van der Waals surface area contributed by atoms with E-state index in [0.29, 0.717) is 7.92 Å². The van der Waals surface area contributed by atoms with Crippen LogP contribution in [-0.2, 0) is 0 Å². The maximum atomic E-state index is 2.42. The Balaban J connectivity index is 0. The van der Waals surface area contributed by atoms with Crippen molar-refractivity contribution in [1.82, 2.24) is 0 Å². The summed E-state index contributed by atoms with van der Waals surface area (Å²) in [5.74, 6) is 1.01. The first-order valence-electron chi connectivity index (χ1n) is 9.97. The molecule has 0 spiro atoms. The summed E-state index contributed by atoms with van der Waals surface area (Å²) in [5, 5.41) is 0. The quantitative estimate of drug-likeness (QED) is 0.244. The second kappa shape index (κ2) is 18.3. The highest BCUT2D eigenvalue weighted by Gasteiger charge is 2.22. The summed E-state index contributed by atoms with van der Waals surface area (Å²) in [5.41, 5.74) is 1.07. The van der Waals surface area contributed by atoms with Crippen molar-refractivity contribution < 1.29 is 0 Å². The summed E-state index contributed by atoms with van der Waals surface area (Å²) in [4.78, 5) is 0. The molecule has 2 atom stereocenters. The highest BCUT2D eigenvalue weighted by Crippen LogP contribution is 2.48. The van der Waals surface area contributed by atoms with E-state index in [-0.39, 0.29) is 17.0 Å². The van der Waals surface area contributed by atoms with Crippen molar-refractivity contribution in [2.24, 2.45) is 5.92 Å². The zero-order chi connectivity index (χ0) is 15.9. The SMILES string of the molecule is Br.CCCCC(CC)CC(CCC)P(CCCC)CCCC. The largest absolute Gasteiger partial charge is 0.114 e. The summed E-state index contributed by atoms with van der Waals surface area (Å²) in [6, 6.07) is 0. The molecule has 2 unspecified atom stereocenters. The number of rotatable bonds is 15. The minimum Gasteiger partial charge on any atom is -0.114 e. The minimum absolute atomic E-state index is 0. The molecular formula is C20H44BrP. The molecule has 0 amide bonds. The third-order valence-electron chi connectivity index (χ3n) is 4.88. The van der Waals surface area contributed by atoms with E-state index in [2.05, 4.69) is 34.6 Å². The fourth-order valence-corrected chi connectivity index (χ4v) is 6.97. The molecule has 0 aromatic heterocycles. The van der Waals surface area contributed by atoms with Crippen molar-refractivity contribution >= 4 is 24.9 Å². The van der Waals surface area contributed by atoms with E-state index in [9.17, 15) is 0 Å². The smallest absolute Gasteiger partial charge is 0.0207 e. The molecule has 0 nitrogen and oxygen atoms in total. The minimum atomic E-state index is 0. The molecule has 0 bridgehead atoms. The molecule has 0 heterocycles. The van der Waals surface area contributed by atoms with Gasteiger partial charge in [0.2, 0.25) is 0 Å². The van der Waals surface area contributed by atoms with Crippen LogP contribution < -0.4 is 0 Å². The summed E-state index contributed by atoms with van der Waals surface area (Å²) < 4.78 is 0. The van der Waals surface area contributed by atoms with E-state index in [0.717, 1.165) is 11.6 Å². The van der Waals surface area contributed by atoms with E-state index in [4.69, 9.17) is 0 Å². The fraction of sp³-hybridized carbons (Fsp3) is 1.00. The summed E-state index contributed by atoms with van der Waals surface area (Å²) in [6.45, 7) is 11.9. The molecule has 0 aliphatic heterocycles. The van der Waals surface area contributed by atoms with Crippen LogP contribution in [0.5, 0.6) is 0 Å². The molecule has 0 fully saturated rings. The predicted octanol–water partition coefficient (Wildman–Crippen LogP) is 8.42. The van der Waals surface area contributed by atoms with Crippen molar-refractivity contribution in [3.8, 4) is 0 Å². The van der Waals surface area contributed by atoms with Gasteiger partial charge in [-0.15, -0.1) is 24.9 Å². The molecular weight excluding hydrogens is 351 g/mol. The van der Waals surface area contributed by atoms with E-state index < -0.39 is 0 Å². The standard InChI is InChI=1S/C20H43P.BrH/c1-6-11-15-19(10-5)18-20(14-9-4)21(16-12-7-2)17-13-8-3;/h19-20H,6-18H2,1-5H3;1H. The molecule has 2 heteroatoms. The maximum Gasteiger partial charge on any atom is -0.0207 e. The molecule has 0 radical (unpaired) electrons. The molecule has 0 rings (SSSR count). The summed E-state index contributed by atoms with van der Waals surface area (Å²) in [6.07, 6.45) is 19.0. The lowest BCUT2D eigenvalue weighted by Crippen LogP contribution is -2.15. The normalized spacial score (nSPS) is 13.9. The highest BCUT2D eigenvalue weighted by atomic mass is 79.9. The van der Waals surface area contributed by atoms with Gasteiger partial charge in [-0.05, 0) is 49.6 Å². The van der Waals surface area contributed by atoms with Crippen molar-refractivity contribution in [2.75, 3.05) is 12.3 Å². The van der Waals surface area contributed by atoms with E-state index in [1.54, 1.807) is 18.7 Å². The van der Waals surface area contributed by atoms with Gasteiger partial charge >= 0.3 is 0 Å². The van der Waals surface area contributed by atoms with E-state index in [1.165, 1.54) is 64.2 Å². The lowest BCUT2D eigenvalue weighted by Gasteiger charge is -2.31. The van der Waals surface area contributed by atoms with Gasteiger partial charge in [-0.3, -0.25) is 0 Å². The second-order valence-corrected chi connectivity index (χ2v) is 9.64. The molecule has 0 saturated heterocycles. The van der Waals surface area contributed by atoms with Crippen LogP contribution in [0.3, 0.4) is 0 Å². The first-order chi connectivity index (χ1) is 10.2. The van der Waals surface area contributed by atoms with Crippen molar-refractivity contribution in [1.29, 1.82) is 0 Å². The Morgan fingerprint density at radius 1 is 0.682 bits per heavy atom. The Morgan fingerprint density at radius 2 is 1.23 bits per heavy atom. The molecule has 0 saturated carbocycles. The van der Waals surface area contributed by atoms with Gasteiger partial charge < -0.3 is 0 Å². The van der Waals surface area contributed by atoms with Gasteiger partial charge in [-0.1, -0.05) is 79.6 Å². The number of halogens is 1. The topological polar surface area (TPSA) is 0 Å². The molecule has 0 aromatic rings. The van der Waals surface area contributed by atoms with Crippen LogP contribution in [-0.4, -0.2) is 18.0 Å².